The lowest BCUT2D eigenvalue weighted by Crippen LogP contribution is -2.23. The first kappa shape index (κ1) is 19.4. The molecule has 0 N–H and O–H groups in total. The van der Waals surface area contributed by atoms with Crippen molar-refractivity contribution in [2.24, 2.45) is 5.92 Å². The van der Waals surface area contributed by atoms with Gasteiger partial charge in [0.05, 0.1) is 12.5 Å². The number of aromatic nitrogens is 1. The molecule has 1 atom stereocenters. The summed E-state index contributed by atoms with van der Waals surface area (Å²) in [5.41, 5.74) is 0.877. The molecule has 2 rings (SSSR count). The second kappa shape index (κ2) is 10.8. The molecule has 0 amide bonds. The van der Waals surface area contributed by atoms with Crippen LogP contribution in [0.15, 0.2) is 30.5 Å². The predicted molar refractivity (Wildman–Crippen MR) is 93.2 cm³/mol. The van der Waals surface area contributed by atoms with Gasteiger partial charge in [-0.1, -0.05) is 12.2 Å². The molecule has 1 saturated heterocycles. The Hall–Kier alpha value is -1.92. The first-order chi connectivity index (χ1) is 12.2. The molecule has 1 fully saturated rings. The maximum Gasteiger partial charge on any atom is 0.309 e. The topological polar surface area (TPSA) is 66.9 Å². The number of ether oxygens (including phenoxy) is 4. The van der Waals surface area contributed by atoms with Gasteiger partial charge in [-0.2, -0.15) is 0 Å². The van der Waals surface area contributed by atoms with Crippen molar-refractivity contribution in [2.75, 3.05) is 26.4 Å². The van der Waals surface area contributed by atoms with Crippen LogP contribution in [0.4, 0.5) is 0 Å². The molecule has 0 saturated carbocycles. The van der Waals surface area contributed by atoms with Crippen LogP contribution in [0.1, 0.15) is 45.0 Å². The van der Waals surface area contributed by atoms with Gasteiger partial charge in [-0.3, -0.25) is 4.79 Å². The molecule has 25 heavy (non-hydrogen) atoms. The van der Waals surface area contributed by atoms with Crippen LogP contribution < -0.4 is 4.74 Å². The van der Waals surface area contributed by atoms with E-state index in [1.807, 2.05) is 38.1 Å². The lowest BCUT2D eigenvalue weighted by Gasteiger charge is -2.19. The first-order valence-electron chi connectivity index (χ1n) is 8.88. The molecule has 6 nitrogen and oxygen atoms in total. The Morgan fingerprint density at radius 1 is 1.32 bits per heavy atom. The summed E-state index contributed by atoms with van der Waals surface area (Å²) >= 11 is 0. The number of carbonyl (C=O) groups is 1. The number of allylic oxidation sites excluding steroid dienone is 1. The minimum absolute atomic E-state index is 0.0235. The van der Waals surface area contributed by atoms with E-state index < -0.39 is 6.29 Å². The lowest BCUT2D eigenvalue weighted by molar-refractivity contribution is -0.152. The number of hydrogen-bond acceptors (Lipinski definition) is 6. The summed E-state index contributed by atoms with van der Waals surface area (Å²) in [5, 5.41) is 0. The minimum atomic E-state index is -0.409. The molecule has 0 bridgehead atoms. The number of hydrogen-bond donors (Lipinski definition) is 0. The minimum Gasteiger partial charge on any atom is -0.473 e. The van der Waals surface area contributed by atoms with Gasteiger partial charge in [0.25, 0.3) is 0 Å². The molecule has 0 spiro atoms. The fraction of sp³-hybridized carbons (Fsp3) is 0.579. The van der Waals surface area contributed by atoms with Crippen LogP contribution in [0.5, 0.6) is 5.88 Å². The standard InChI is InChI=1S/C19H27NO5/c1-3-22-19(23-4-2)16-10-11-20-17(14-16)24-12-6-5-8-15-9-7-13-25-18(15)21/h5-6,10-11,14-15,19H,3-4,7-9,12-13H2,1-2H3. The van der Waals surface area contributed by atoms with Gasteiger partial charge in [-0.05, 0) is 39.2 Å². The monoisotopic (exact) mass is 349 g/mol. The van der Waals surface area contributed by atoms with E-state index >= 15 is 0 Å². The molecular weight excluding hydrogens is 322 g/mol. The number of carbonyl (C=O) groups excluding carboxylic acids is 1. The van der Waals surface area contributed by atoms with Crippen molar-refractivity contribution in [3.05, 3.63) is 36.0 Å². The van der Waals surface area contributed by atoms with Crippen molar-refractivity contribution in [3.8, 4) is 5.88 Å². The van der Waals surface area contributed by atoms with Crippen molar-refractivity contribution in [1.29, 1.82) is 0 Å². The Morgan fingerprint density at radius 3 is 2.84 bits per heavy atom. The average molecular weight is 349 g/mol. The molecular formula is C19H27NO5. The van der Waals surface area contributed by atoms with Gasteiger partial charge in [0.15, 0.2) is 6.29 Å². The number of nitrogens with zero attached hydrogens (tertiary/aromatic N) is 1. The molecule has 1 aliphatic heterocycles. The number of rotatable bonds is 10. The first-order valence-corrected chi connectivity index (χ1v) is 8.88. The van der Waals surface area contributed by atoms with Crippen LogP contribution in [-0.2, 0) is 19.0 Å². The Balaban J connectivity index is 1.81. The molecule has 1 unspecified atom stereocenters. The summed E-state index contributed by atoms with van der Waals surface area (Å²) in [6, 6.07) is 3.68. The molecule has 1 aromatic heterocycles. The van der Waals surface area contributed by atoms with Crippen LogP contribution in [0, 0.1) is 5.92 Å². The Labute approximate surface area is 149 Å². The van der Waals surface area contributed by atoms with Crippen LogP contribution in [-0.4, -0.2) is 37.4 Å². The number of pyridine rings is 1. The largest absolute Gasteiger partial charge is 0.473 e. The fourth-order valence-electron chi connectivity index (χ4n) is 2.61. The maximum absolute atomic E-state index is 11.6. The third-order valence-electron chi connectivity index (χ3n) is 3.86. The third kappa shape index (κ3) is 6.48. The highest BCUT2D eigenvalue weighted by atomic mass is 16.7. The highest BCUT2D eigenvalue weighted by Gasteiger charge is 2.22. The molecule has 138 valence electrons. The summed E-state index contributed by atoms with van der Waals surface area (Å²) in [5.74, 6) is 0.400. The van der Waals surface area contributed by atoms with Crippen molar-refractivity contribution in [1.82, 2.24) is 4.98 Å². The molecule has 6 heteroatoms. The highest BCUT2D eigenvalue weighted by molar-refractivity contribution is 5.73. The van der Waals surface area contributed by atoms with Gasteiger partial charge in [0.2, 0.25) is 5.88 Å². The average Bonchev–Trinajstić information content (AvgIpc) is 2.63. The van der Waals surface area contributed by atoms with Crippen molar-refractivity contribution in [2.45, 2.75) is 39.4 Å². The van der Waals surface area contributed by atoms with E-state index in [-0.39, 0.29) is 11.9 Å². The van der Waals surface area contributed by atoms with E-state index in [9.17, 15) is 4.79 Å². The molecule has 0 aromatic carbocycles. The van der Waals surface area contributed by atoms with E-state index in [2.05, 4.69) is 4.98 Å². The van der Waals surface area contributed by atoms with Crippen molar-refractivity contribution >= 4 is 5.97 Å². The Morgan fingerprint density at radius 2 is 2.12 bits per heavy atom. The van der Waals surface area contributed by atoms with Crippen molar-refractivity contribution in [3.63, 3.8) is 0 Å². The Bertz CT molecular complexity index is 555. The molecule has 0 radical (unpaired) electrons. The molecule has 2 heterocycles. The molecule has 1 aromatic rings. The zero-order chi connectivity index (χ0) is 17.9. The summed E-state index contributed by atoms with van der Waals surface area (Å²) < 4.78 is 21.9. The van der Waals surface area contributed by atoms with Gasteiger partial charge < -0.3 is 18.9 Å². The second-order valence-corrected chi connectivity index (χ2v) is 5.69. The van der Waals surface area contributed by atoms with Crippen LogP contribution in [0.3, 0.4) is 0 Å². The Kier molecular flexibility index (Phi) is 8.42. The number of esters is 1. The van der Waals surface area contributed by atoms with E-state index in [4.69, 9.17) is 18.9 Å². The van der Waals surface area contributed by atoms with Crippen LogP contribution >= 0.6 is 0 Å². The SMILES string of the molecule is CCOC(OCC)c1ccnc(OCC=CCC2CCCOC2=O)c1. The van der Waals surface area contributed by atoms with Gasteiger partial charge in [0, 0.05) is 31.0 Å². The van der Waals surface area contributed by atoms with Crippen molar-refractivity contribution < 1.29 is 23.7 Å². The zero-order valence-corrected chi connectivity index (χ0v) is 15.0. The second-order valence-electron chi connectivity index (χ2n) is 5.69. The van der Waals surface area contributed by atoms with E-state index in [0.29, 0.717) is 38.7 Å². The molecule has 1 aliphatic rings. The van der Waals surface area contributed by atoms with E-state index in [1.165, 1.54) is 0 Å². The number of cyclic esters (lactones) is 1. The van der Waals surface area contributed by atoms with E-state index in [0.717, 1.165) is 18.4 Å². The summed E-state index contributed by atoms with van der Waals surface area (Å²) in [7, 11) is 0. The highest BCUT2D eigenvalue weighted by Crippen LogP contribution is 2.22. The fourth-order valence-corrected chi connectivity index (χ4v) is 2.61. The quantitative estimate of drug-likeness (QED) is 0.366. The molecule has 0 aliphatic carbocycles. The summed E-state index contributed by atoms with van der Waals surface area (Å²) in [6.45, 7) is 5.93. The van der Waals surface area contributed by atoms with Gasteiger partial charge in [0.1, 0.15) is 6.61 Å². The smallest absolute Gasteiger partial charge is 0.309 e. The predicted octanol–water partition coefficient (Wildman–Crippen LogP) is 3.43. The van der Waals surface area contributed by atoms with Gasteiger partial charge >= 0.3 is 5.97 Å². The van der Waals surface area contributed by atoms with E-state index in [1.54, 1.807) is 6.20 Å². The summed E-state index contributed by atoms with van der Waals surface area (Å²) in [6.07, 6.45) is 7.66. The van der Waals surface area contributed by atoms with Gasteiger partial charge in [-0.25, -0.2) is 4.98 Å². The third-order valence-corrected chi connectivity index (χ3v) is 3.86. The zero-order valence-electron chi connectivity index (χ0n) is 15.0. The summed E-state index contributed by atoms with van der Waals surface area (Å²) in [4.78, 5) is 15.8. The van der Waals surface area contributed by atoms with Crippen LogP contribution in [0.2, 0.25) is 0 Å². The normalized spacial score (nSPS) is 17.9. The maximum atomic E-state index is 11.6. The van der Waals surface area contributed by atoms with Crippen LogP contribution in [0.25, 0.3) is 0 Å². The lowest BCUT2D eigenvalue weighted by atomic mass is 9.98. The van der Waals surface area contributed by atoms with Gasteiger partial charge in [-0.15, -0.1) is 0 Å².